The van der Waals surface area contributed by atoms with Gasteiger partial charge in [-0.2, -0.15) is 0 Å². The van der Waals surface area contributed by atoms with Crippen LogP contribution >= 0.6 is 23.2 Å². The van der Waals surface area contributed by atoms with Crippen LogP contribution in [-0.4, -0.2) is 14.3 Å². The molecule has 0 unspecified atom stereocenters. The fraction of sp³-hybridized carbons (Fsp3) is 0.0526. The predicted molar refractivity (Wildman–Crippen MR) is 107 cm³/mol. The normalized spacial score (nSPS) is 13.8. The van der Waals surface area contributed by atoms with Crippen LogP contribution in [0, 0.1) is 6.42 Å². The number of carbonyl (C=O) groups is 1. The van der Waals surface area contributed by atoms with Gasteiger partial charge in [-0.3, -0.25) is 9.52 Å². The Morgan fingerprint density at radius 3 is 2.37 bits per heavy atom. The first-order chi connectivity index (χ1) is 12.8. The lowest BCUT2D eigenvalue weighted by Crippen LogP contribution is -2.24. The standard InChI is InChI=1S/C19H15Cl2N2O3S/c20-13-6-9-16(10-7-13)27(25,26)23-18-11-8-14(21)12-17(18)19(24)22-15-4-2-1-3-5-15/h1-2,4-12,23H,3H2,(H,22,24). The van der Waals surface area contributed by atoms with Gasteiger partial charge in [-0.1, -0.05) is 35.4 Å². The molecule has 0 saturated carbocycles. The minimum atomic E-state index is -3.90. The summed E-state index contributed by atoms with van der Waals surface area (Å²) in [5.74, 6) is -0.468. The monoisotopic (exact) mass is 421 g/mol. The largest absolute Gasteiger partial charge is 0.322 e. The molecule has 0 spiro atoms. The van der Waals surface area contributed by atoms with Gasteiger partial charge in [0, 0.05) is 15.7 Å². The Morgan fingerprint density at radius 2 is 1.70 bits per heavy atom. The topological polar surface area (TPSA) is 75.3 Å². The van der Waals surface area contributed by atoms with Crippen molar-refractivity contribution in [2.24, 2.45) is 0 Å². The van der Waals surface area contributed by atoms with E-state index in [-0.39, 0.29) is 16.1 Å². The maximum atomic E-state index is 12.6. The lowest BCUT2D eigenvalue weighted by atomic mass is 10.1. The van der Waals surface area contributed by atoms with Crippen LogP contribution in [0.3, 0.4) is 0 Å². The first kappa shape index (κ1) is 19.5. The molecule has 1 amide bonds. The molecule has 2 aromatic rings. The summed E-state index contributed by atoms with van der Waals surface area (Å²) < 4.78 is 27.7. The van der Waals surface area contributed by atoms with Crippen LogP contribution in [-0.2, 0) is 10.0 Å². The van der Waals surface area contributed by atoms with Crippen LogP contribution in [0.25, 0.3) is 0 Å². The summed E-state index contributed by atoms with van der Waals surface area (Å²) in [6.45, 7) is 0. The highest BCUT2D eigenvalue weighted by Crippen LogP contribution is 2.25. The molecule has 0 aromatic heterocycles. The Kier molecular flexibility index (Phi) is 5.89. The van der Waals surface area contributed by atoms with Crippen LogP contribution in [0.1, 0.15) is 16.8 Å². The van der Waals surface area contributed by atoms with Gasteiger partial charge in [-0.05, 0) is 61.4 Å². The highest BCUT2D eigenvalue weighted by molar-refractivity contribution is 7.92. The Balaban J connectivity index is 1.89. The van der Waals surface area contributed by atoms with Gasteiger partial charge >= 0.3 is 0 Å². The molecular weight excluding hydrogens is 407 g/mol. The maximum Gasteiger partial charge on any atom is 0.261 e. The minimum absolute atomic E-state index is 0.0293. The number of anilines is 1. The second kappa shape index (κ2) is 8.17. The number of halogens is 2. The van der Waals surface area contributed by atoms with Gasteiger partial charge in [0.1, 0.15) is 0 Å². The fourth-order valence-electron chi connectivity index (χ4n) is 2.42. The van der Waals surface area contributed by atoms with Crippen LogP contribution in [0.15, 0.2) is 71.3 Å². The van der Waals surface area contributed by atoms with E-state index in [4.69, 9.17) is 23.2 Å². The van der Waals surface area contributed by atoms with E-state index < -0.39 is 15.9 Å². The minimum Gasteiger partial charge on any atom is -0.322 e. The maximum absolute atomic E-state index is 12.6. The summed E-state index contributed by atoms with van der Waals surface area (Å²) in [4.78, 5) is 12.7. The van der Waals surface area contributed by atoms with Crippen LogP contribution < -0.4 is 10.0 Å². The van der Waals surface area contributed by atoms with Gasteiger partial charge in [-0.25, -0.2) is 8.42 Å². The van der Waals surface area contributed by atoms with Crippen LogP contribution in [0.2, 0.25) is 10.0 Å². The summed E-state index contributed by atoms with van der Waals surface area (Å²) in [5, 5.41) is 3.48. The molecule has 0 aliphatic heterocycles. The Morgan fingerprint density at radius 1 is 1.00 bits per heavy atom. The lowest BCUT2D eigenvalue weighted by molar-refractivity contribution is 0.0968. The van der Waals surface area contributed by atoms with E-state index in [1.54, 1.807) is 6.08 Å². The van der Waals surface area contributed by atoms with Crippen molar-refractivity contribution < 1.29 is 13.2 Å². The lowest BCUT2D eigenvalue weighted by Gasteiger charge is -2.14. The molecule has 0 heterocycles. The zero-order valence-electron chi connectivity index (χ0n) is 13.9. The SMILES string of the molecule is O=C(NC1=CC[CH]C=C1)c1cc(Cl)ccc1NS(=O)(=O)c1ccc(Cl)cc1. The molecule has 0 fully saturated rings. The molecular formula is C19H15Cl2N2O3S. The number of hydrogen-bond donors (Lipinski definition) is 2. The molecule has 139 valence electrons. The molecule has 8 heteroatoms. The molecule has 1 aliphatic rings. The molecule has 2 N–H and O–H groups in total. The molecule has 1 radical (unpaired) electrons. The summed E-state index contributed by atoms with van der Waals surface area (Å²) >= 11 is 11.8. The summed E-state index contributed by atoms with van der Waals surface area (Å²) in [6.07, 6.45) is 8.08. The number of nitrogens with one attached hydrogen (secondary N) is 2. The third-order valence-corrected chi connectivity index (χ3v) is 5.61. The average Bonchev–Trinajstić information content (AvgIpc) is 2.64. The van der Waals surface area contributed by atoms with Crippen molar-refractivity contribution in [3.05, 3.63) is 88.4 Å². The number of sulfonamides is 1. The van der Waals surface area contributed by atoms with E-state index in [1.807, 2.05) is 18.6 Å². The summed E-state index contributed by atoms with van der Waals surface area (Å²) in [7, 11) is -3.90. The second-order valence-electron chi connectivity index (χ2n) is 5.69. The van der Waals surface area contributed by atoms with E-state index in [0.717, 1.165) is 0 Å². The molecule has 0 saturated heterocycles. The zero-order valence-corrected chi connectivity index (χ0v) is 16.3. The number of rotatable bonds is 5. The fourth-order valence-corrected chi connectivity index (χ4v) is 3.79. The Hall–Kier alpha value is -2.28. The number of amides is 1. The molecule has 27 heavy (non-hydrogen) atoms. The van der Waals surface area contributed by atoms with E-state index >= 15 is 0 Å². The Bertz CT molecular complexity index is 1030. The van der Waals surface area contributed by atoms with Gasteiger partial charge < -0.3 is 5.32 Å². The van der Waals surface area contributed by atoms with Crippen LogP contribution in [0.4, 0.5) is 5.69 Å². The van der Waals surface area contributed by atoms with Crippen molar-refractivity contribution in [3.63, 3.8) is 0 Å². The second-order valence-corrected chi connectivity index (χ2v) is 8.25. The average molecular weight is 422 g/mol. The first-order valence-corrected chi connectivity index (χ1v) is 10.2. The van der Waals surface area contributed by atoms with E-state index in [0.29, 0.717) is 22.2 Å². The number of hydrogen-bond acceptors (Lipinski definition) is 3. The van der Waals surface area contributed by atoms with E-state index in [1.165, 1.54) is 42.5 Å². The van der Waals surface area contributed by atoms with E-state index in [9.17, 15) is 13.2 Å². The Labute approximate surface area is 167 Å². The quantitative estimate of drug-likeness (QED) is 0.741. The molecule has 2 aromatic carbocycles. The number of benzene rings is 2. The van der Waals surface area contributed by atoms with Gasteiger partial charge in [0.2, 0.25) is 0 Å². The van der Waals surface area contributed by atoms with Crippen LogP contribution in [0.5, 0.6) is 0 Å². The van der Waals surface area contributed by atoms with Gasteiger partial charge in [-0.15, -0.1) is 0 Å². The highest BCUT2D eigenvalue weighted by atomic mass is 35.5. The molecule has 0 atom stereocenters. The molecule has 1 aliphatic carbocycles. The predicted octanol–water partition coefficient (Wildman–Crippen LogP) is 4.57. The summed E-state index contributed by atoms with van der Waals surface area (Å²) in [6, 6.07) is 10.1. The van der Waals surface area contributed by atoms with Crippen molar-refractivity contribution >= 4 is 44.8 Å². The first-order valence-electron chi connectivity index (χ1n) is 7.94. The molecule has 5 nitrogen and oxygen atoms in total. The highest BCUT2D eigenvalue weighted by Gasteiger charge is 2.20. The van der Waals surface area contributed by atoms with Gasteiger partial charge in [0.25, 0.3) is 15.9 Å². The number of allylic oxidation sites excluding steroid dienone is 3. The molecule has 3 rings (SSSR count). The molecule has 0 bridgehead atoms. The van der Waals surface area contributed by atoms with Crippen molar-refractivity contribution in [2.45, 2.75) is 11.3 Å². The van der Waals surface area contributed by atoms with Crippen molar-refractivity contribution in [2.75, 3.05) is 4.72 Å². The number of carbonyl (C=O) groups excluding carboxylic acids is 1. The van der Waals surface area contributed by atoms with Crippen molar-refractivity contribution in [1.29, 1.82) is 0 Å². The van der Waals surface area contributed by atoms with Crippen molar-refractivity contribution in [3.8, 4) is 0 Å². The third kappa shape index (κ3) is 4.91. The zero-order chi connectivity index (χ0) is 19.4. The van der Waals surface area contributed by atoms with Gasteiger partial charge in [0.05, 0.1) is 16.1 Å². The van der Waals surface area contributed by atoms with Crippen molar-refractivity contribution in [1.82, 2.24) is 5.32 Å². The van der Waals surface area contributed by atoms with E-state index in [2.05, 4.69) is 10.0 Å². The third-order valence-electron chi connectivity index (χ3n) is 3.74. The smallest absolute Gasteiger partial charge is 0.261 e. The summed E-state index contributed by atoms with van der Waals surface area (Å²) in [5.41, 5.74) is 0.872. The van der Waals surface area contributed by atoms with Gasteiger partial charge in [0.15, 0.2) is 0 Å².